The number of halogens is 1. The molecule has 0 fully saturated rings. The van der Waals surface area contributed by atoms with Gasteiger partial charge in [0.2, 0.25) is 0 Å². The number of hydrogen-bond donors (Lipinski definition) is 1. The molecule has 0 aliphatic rings. The smallest absolute Gasteiger partial charge is 0.326 e. The minimum Gasteiger partial charge on any atom is -0.480 e. The molecule has 0 radical (unpaired) electrons. The van der Waals surface area contributed by atoms with Crippen molar-refractivity contribution in [3.05, 3.63) is 28.8 Å². The van der Waals surface area contributed by atoms with Gasteiger partial charge in [-0.3, -0.25) is 0 Å². The van der Waals surface area contributed by atoms with Crippen LogP contribution in [-0.2, 0) is 4.79 Å². The zero-order valence-electron chi connectivity index (χ0n) is 9.70. The Morgan fingerprint density at radius 3 is 2.62 bits per heavy atom. The molecule has 0 saturated carbocycles. The van der Waals surface area contributed by atoms with Crippen LogP contribution in [0.1, 0.15) is 19.4 Å². The molecule has 4 heteroatoms. The van der Waals surface area contributed by atoms with Gasteiger partial charge in [-0.1, -0.05) is 11.6 Å². The molecular weight excluding hydrogens is 226 g/mol. The molecule has 0 heterocycles. The molecule has 0 bridgehead atoms. The van der Waals surface area contributed by atoms with Crippen molar-refractivity contribution in [1.82, 2.24) is 0 Å². The third kappa shape index (κ3) is 2.67. The van der Waals surface area contributed by atoms with E-state index in [4.69, 9.17) is 16.7 Å². The minimum absolute atomic E-state index is 0.537. The maximum Gasteiger partial charge on any atom is 0.326 e. The number of carboxylic acid groups (broad SMARTS) is 1. The fraction of sp³-hybridized carbons (Fsp3) is 0.417. The predicted molar refractivity (Wildman–Crippen MR) is 66.3 cm³/mol. The van der Waals surface area contributed by atoms with Crippen molar-refractivity contribution in [2.45, 2.75) is 26.8 Å². The standard InChI is InChI=1S/C12H16ClNO2/c1-4-14(9(3)12(15)16)11-6-5-10(13)7-8(11)2/h5-7,9H,4H2,1-3H3,(H,15,16)/t9-/m0/s1. The van der Waals surface area contributed by atoms with E-state index < -0.39 is 12.0 Å². The summed E-state index contributed by atoms with van der Waals surface area (Å²) in [6, 6.07) is 4.94. The number of benzene rings is 1. The van der Waals surface area contributed by atoms with E-state index in [1.807, 2.05) is 30.9 Å². The fourth-order valence-electron chi connectivity index (χ4n) is 1.73. The van der Waals surface area contributed by atoms with Crippen molar-refractivity contribution in [3.8, 4) is 0 Å². The maximum absolute atomic E-state index is 11.0. The van der Waals surface area contributed by atoms with Crippen molar-refractivity contribution >= 4 is 23.3 Å². The Morgan fingerprint density at radius 1 is 1.56 bits per heavy atom. The Bertz CT molecular complexity index is 393. The first-order chi connectivity index (χ1) is 7.47. The number of likely N-dealkylation sites (N-methyl/N-ethyl adjacent to an activating group) is 1. The number of aliphatic carboxylic acids is 1. The normalized spacial score (nSPS) is 12.2. The van der Waals surface area contributed by atoms with Crippen molar-refractivity contribution in [2.75, 3.05) is 11.4 Å². The third-order valence-corrected chi connectivity index (χ3v) is 2.87. The largest absolute Gasteiger partial charge is 0.480 e. The maximum atomic E-state index is 11.0. The average molecular weight is 242 g/mol. The first kappa shape index (κ1) is 12.8. The Morgan fingerprint density at radius 2 is 2.19 bits per heavy atom. The van der Waals surface area contributed by atoms with Crippen LogP contribution >= 0.6 is 11.6 Å². The fourth-order valence-corrected chi connectivity index (χ4v) is 1.95. The molecule has 1 N–H and O–H groups in total. The summed E-state index contributed by atoms with van der Waals surface area (Å²) in [6.07, 6.45) is 0. The Hall–Kier alpha value is -1.22. The van der Waals surface area contributed by atoms with E-state index in [9.17, 15) is 4.79 Å². The van der Waals surface area contributed by atoms with E-state index in [0.29, 0.717) is 11.6 Å². The summed E-state index contributed by atoms with van der Waals surface area (Å²) in [7, 11) is 0. The monoisotopic (exact) mass is 241 g/mol. The van der Waals surface area contributed by atoms with Crippen molar-refractivity contribution in [3.63, 3.8) is 0 Å². The molecule has 0 unspecified atom stereocenters. The number of carbonyl (C=O) groups is 1. The molecule has 88 valence electrons. The van der Waals surface area contributed by atoms with Gasteiger partial charge in [-0.2, -0.15) is 0 Å². The van der Waals surface area contributed by atoms with Gasteiger partial charge < -0.3 is 10.0 Å². The number of aryl methyl sites for hydroxylation is 1. The van der Waals surface area contributed by atoms with Gasteiger partial charge in [0.25, 0.3) is 0 Å². The zero-order valence-corrected chi connectivity index (χ0v) is 10.5. The predicted octanol–water partition coefficient (Wildman–Crippen LogP) is 2.95. The van der Waals surface area contributed by atoms with Gasteiger partial charge in [0, 0.05) is 17.3 Å². The topological polar surface area (TPSA) is 40.5 Å². The highest BCUT2D eigenvalue weighted by molar-refractivity contribution is 6.30. The Balaban J connectivity index is 3.08. The van der Waals surface area contributed by atoms with Gasteiger partial charge in [0.05, 0.1) is 0 Å². The van der Waals surface area contributed by atoms with Crippen LogP contribution in [0, 0.1) is 6.92 Å². The second-order valence-electron chi connectivity index (χ2n) is 3.73. The van der Waals surface area contributed by atoms with Gasteiger partial charge in [-0.15, -0.1) is 0 Å². The van der Waals surface area contributed by atoms with Crippen LogP contribution in [0.25, 0.3) is 0 Å². The molecular formula is C12H16ClNO2. The van der Waals surface area contributed by atoms with E-state index >= 15 is 0 Å². The molecule has 3 nitrogen and oxygen atoms in total. The Kier molecular flexibility index (Phi) is 4.19. The molecule has 0 aliphatic carbocycles. The number of rotatable bonds is 4. The van der Waals surface area contributed by atoms with Crippen LogP contribution in [-0.4, -0.2) is 23.7 Å². The van der Waals surface area contributed by atoms with Crippen molar-refractivity contribution in [2.24, 2.45) is 0 Å². The highest BCUT2D eigenvalue weighted by Gasteiger charge is 2.20. The van der Waals surface area contributed by atoms with Gasteiger partial charge in [0.15, 0.2) is 0 Å². The summed E-state index contributed by atoms with van der Waals surface area (Å²) < 4.78 is 0. The number of anilines is 1. The third-order valence-electron chi connectivity index (χ3n) is 2.63. The molecule has 1 rings (SSSR count). The quantitative estimate of drug-likeness (QED) is 0.881. The number of carboxylic acids is 1. The zero-order chi connectivity index (χ0) is 12.3. The molecule has 1 aromatic carbocycles. The van der Waals surface area contributed by atoms with Crippen LogP contribution in [0.2, 0.25) is 5.02 Å². The van der Waals surface area contributed by atoms with Crippen molar-refractivity contribution < 1.29 is 9.90 Å². The summed E-state index contributed by atoms with van der Waals surface area (Å²) in [5.74, 6) is -0.823. The molecule has 0 amide bonds. The van der Waals surface area contributed by atoms with Crippen LogP contribution in [0.3, 0.4) is 0 Å². The number of nitrogens with zero attached hydrogens (tertiary/aromatic N) is 1. The first-order valence-electron chi connectivity index (χ1n) is 5.23. The number of hydrogen-bond acceptors (Lipinski definition) is 2. The lowest BCUT2D eigenvalue weighted by molar-refractivity contribution is -0.138. The SMILES string of the molecule is CCN(c1ccc(Cl)cc1C)[C@@H](C)C(=O)O. The Labute approximate surface area is 101 Å². The molecule has 16 heavy (non-hydrogen) atoms. The van der Waals surface area contributed by atoms with Gasteiger partial charge in [-0.05, 0) is 44.5 Å². The van der Waals surface area contributed by atoms with Crippen LogP contribution in [0.4, 0.5) is 5.69 Å². The highest BCUT2D eigenvalue weighted by Crippen LogP contribution is 2.25. The lowest BCUT2D eigenvalue weighted by Crippen LogP contribution is -2.39. The van der Waals surface area contributed by atoms with Gasteiger partial charge in [-0.25, -0.2) is 4.79 Å². The molecule has 0 spiro atoms. The summed E-state index contributed by atoms with van der Waals surface area (Å²) in [5.41, 5.74) is 1.91. The second-order valence-corrected chi connectivity index (χ2v) is 4.17. The van der Waals surface area contributed by atoms with E-state index in [1.54, 1.807) is 13.0 Å². The van der Waals surface area contributed by atoms with E-state index in [2.05, 4.69) is 0 Å². The van der Waals surface area contributed by atoms with Crippen LogP contribution in [0.5, 0.6) is 0 Å². The summed E-state index contributed by atoms with van der Waals surface area (Å²) in [5, 5.41) is 9.69. The van der Waals surface area contributed by atoms with E-state index in [0.717, 1.165) is 11.3 Å². The molecule has 0 saturated heterocycles. The van der Waals surface area contributed by atoms with Gasteiger partial charge in [0.1, 0.15) is 6.04 Å². The van der Waals surface area contributed by atoms with Crippen LogP contribution < -0.4 is 4.90 Å². The van der Waals surface area contributed by atoms with E-state index in [-0.39, 0.29) is 0 Å². The molecule has 0 aromatic heterocycles. The molecule has 0 aliphatic heterocycles. The highest BCUT2D eigenvalue weighted by atomic mass is 35.5. The van der Waals surface area contributed by atoms with Crippen molar-refractivity contribution in [1.29, 1.82) is 0 Å². The summed E-state index contributed by atoms with van der Waals surface area (Å²) in [4.78, 5) is 12.8. The first-order valence-corrected chi connectivity index (χ1v) is 5.60. The van der Waals surface area contributed by atoms with Gasteiger partial charge >= 0.3 is 5.97 Å². The lowest BCUT2D eigenvalue weighted by atomic mass is 10.1. The average Bonchev–Trinajstić information content (AvgIpc) is 2.21. The minimum atomic E-state index is -0.823. The molecule has 1 atom stereocenters. The summed E-state index contributed by atoms with van der Waals surface area (Å²) in [6.45, 7) is 6.20. The second kappa shape index (κ2) is 5.21. The lowest BCUT2D eigenvalue weighted by Gasteiger charge is -2.28. The summed E-state index contributed by atoms with van der Waals surface area (Å²) >= 11 is 5.87. The van der Waals surface area contributed by atoms with Crippen LogP contribution in [0.15, 0.2) is 18.2 Å². The van der Waals surface area contributed by atoms with E-state index in [1.165, 1.54) is 0 Å². The molecule has 1 aromatic rings.